The molecule has 5 heteroatoms. The predicted molar refractivity (Wildman–Crippen MR) is 80.1 cm³/mol. The Bertz CT molecular complexity index is 464. The van der Waals surface area contributed by atoms with Crippen molar-refractivity contribution in [3.05, 3.63) is 22.3 Å². The fourth-order valence-electron chi connectivity index (χ4n) is 2.44. The molecule has 2 unspecified atom stereocenters. The monoisotopic (exact) mass is 325 g/mol. The number of pyridine rings is 1. The molecule has 104 valence electrons. The summed E-state index contributed by atoms with van der Waals surface area (Å²) in [4.78, 5) is 16.5. The van der Waals surface area contributed by atoms with Crippen LogP contribution in [0.1, 0.15) is 31.7 Å². The number of nitrogens with one attached hydrogen (secondary N) is 2. The van der Waals surface area contributed by atoms with Crippen molar-refractivity contribution in [2.24, 2.45) is 5.92 Å². The van der Waals surface area contributed by atoms with E-state index >= 15 is 0 Å². The molecule has 1 amide bonds. The van der Waals surface area contributed by atoms with Crippen molar-refractivity contribution in [1.29, 1.82) is 0 Å². The lowest BCUT2D eigenvalue weighted by molar-refractivity contribution is -0.119. The summed E-state index contributed by atoms with van der Waals surface area (Å²) < 4.78 is 0.921. The molecule has 4 nitrogen and oxygen atoms in total. The molecule has 2 rings (SSSR count). The van der Waals surface area contributed by atoms with Gasteiger partial charge in [0.1, 0.15) is 5.82 Å². The highest BCUT2D eigenvalue weighted by atomic mass is 79.9. The van der Waals surface area contributed by atoms with E-state index in [1.165, 1.54) is 0 Å². The third-order valence-corrected chi connectivity index (χ3v) is 4.13. The molecule has 1 fully saturated rings. The van der Waals surface area contributed by atoms with Crippen LogP contribution in [0.2, 0.25) is 0 Å². The van der Waals surface area contributed by atoms with E-state index < -0.39 is 0 Å². The Morgan fingerprint density at radius 1 is 1.63 bits per heavy atom. The molecule has 0 aliphatic carbocycles. The van der Waals surface area contributed by atoms with Crippen LogP contribution in [0.5, 0.6) is 0 Å². The van der Waals surface area contributed by atoms with Gasteiger partial charge in [0.2, 0.25) is 5.91 Å². The number of carbonyl (C=O) groups is 1. The zero-order valence-corrected chi connectivity index (χ0v) is 13.0. The summed E-state index contributed by atoms with van der Waals surface area (Å²) in [6, 6.07) is 1.86. The fraction of sp³-hybridized carbons (Fsp3) is 0.571. The van der Waals surface area contributed by atoms with Crippen LogP contribution in [0.4, 0.5) is 5.82 Å². The van der Waals surface area contributed by atoms with Gasteiger partial charge in [-0.15, -0.1) is 0 Å². The smallest absolute Gasteiger partial charge is 0.242 e. The summed E-state index contributed by atoms with van der Waals surface area (Å²) in [5.74, 6) is 1.32. The van der Waals surface area contributed by atoms with Gasteiger partial charge in [0.25, 0.3) is 0 Å². The van der Waals surface area contributed by atoms with Crippen molar-refractivity contribution < 1.29 is 4.79 Å². The number of nitrogens with zero attached hydrogens (tertiary/aromatic N) is 1. The van der Waals surface area contributed by atoms with E-state index in [1.807, 2.05) is 13.0 Å². The molecule has 1 saturated heterocycles. The maximum absolute atomic E-state index is 12.2. The Morgan fingerprint density at radius 2 is 2.42 bits per heavy atom. The van der Waals surface area contributed by atoms with E-state index in [9.17, 15) is 4.79 Å². The highest BCUT2D eigenvalue weighted by molar-refractivity contribution is 9.10. The van der Waals surface area contributed by atoms with Gasteiger partial charge in [0.15, 0.2) is 0 Å². The van der Waals surface area contributed by atoms with E-state index in [0.29, 0.717) is 11.7 Å². The fourth-order valence-corrected chi connectivity index (χ4v) is 2.89. The minimum atomic E-state index is -0.0939. The van der Waals surface area contributed by atoms with Crippen molar-refractivity contribution >= 4 is 27.7 Å². The molecule has 19 heavy (non-hydrogen) atoms. The van der Waals surface area contributed by atoms with Crippen molar-refractivity contribution in [3.8, 4) is 0 Å². The van der Waals surface area contributed by atoms with Gasteiger partial charge in [-0.05, 0) is 59.8 Å². The Hall–Kier alpha value is -0.940. The second-order valence-corrected chi connectivity index (χ2v) is 6.03. The van der Waals surface area contributed by atoms with E-state index in [0.717, 1.165) is 35.8 Å². The highest BCUT2D eigenvalue weighted by Gasteiger charge is 2.26. The molecule has 1 aliphatic rings. The van der Waals surface area contributed by atoms with Crippen LogP contribution in [0.15, 0.2) is 16.7 Å². The zero-order chi connectivity index (χ0) is 13.8. The van der Waals surface area contributed by atoms with Gasteiger partial charge >= 0.3 is 0 Å². The van der Waals surface area contributed by atoms with E-state index in [-0.39, 0.29) is 11.9 Å². The van der Waals surface area contributed by atoms with Gasteiger partial charge < -0.3 is 10.6 Å². The molecule has 0 aromatic carbocycles. The number of hydrogen-bond acceptors (Lipinski definition) is 3. The summed E-state index contributed by atoms with van der Waals surface area (Å²) in [7, 11) is 0. The van der Waals surface area contributed by atoms with Gasteiger partial charge in [-0.25, -0.2) is 4.98 Å². The molecule has 0 saturated carbocycles. The lowest BCUT2D eigenvalue weighted by atomic mass is 9.90. The number of piperidine rings is 1. The quantitative estimate of drug-likeness (QED) is 0.898. The van der Waals surface area contributed by atoms with Crippen molar-refractivity contribution in [3.63, 3.8) is 0 Å². The Balaban J connectivity index is 2.00. The Kier molecular flexibility index (Phi) is 4.93. The number of amides is 1. The number of anilines is 1. The molecule has 1 aromatic rings. The lowest BCUT2D eigenvalue weighted by Crippen LogP contribution is -2.46. The van der Waals surface area contributed by atoms with Crippen molar-refractivity contribution in [2.45, 2.75) is 39.2 Å². The number of halogens is 1. The Morgan fingerprint density at radius 3 is 3.11 bits per heavy atom. The summed E-state index contributed by atoms with van der Waals surface area (Å²) in [6.45, 7) is 5.05. The lowest BCUT2D eigenvalue weighted by Gasteiger charge is -2.28. The molecule has 1 aliphatic heterocycles. The molecule has 0 spiro atoms. The number of aromatic nitrogens is 1. The van der Waals surface area contributed by atoms with Gasteiger partial charge in [-0.2, -0.15) is 0 Å². The average Bonchev–Trinajstić information content (AvgIpc) is 2.42. The minimum absolute atomic E-state index is 0.0241. The number of rotatable bonds is 3. The second kappa shape index (κ2) is 6.48. The average molecular weight is 326 g/mol. The first-order chi connectivity index (χ1) is 9.10. The van der Waals surface area contributed by atoms with Crippen LogP contribution < -0.4 is 10.6 Å². The van der Waals surface area contributed by atoms with Crippen LogP contribution in [-0.4, -0.2) is 23.5 Å². The van der Waals surface area contributed by atoms with Crippen LogP contribution in [0.3, 0.4) is 0 Å². The van der Waals surface area contributed by atoms with E-state index in [2.05, 4.69) is 38.5 Å². The number of carbonyl (C=O) groups excluding carboxylic acids is 1. The third kappa shape index (κ3) is 3.76. The van der Waals surface area contributed by atoms with Gasteiger partial charge in [-0.3, -0.25) is 4.79 Å². The maximum Gasteiger partial charge on any atom is 0.242 e. The first-order valence-electron chi connectivity index (χ1n) is 6.76. The first kappa shape index (κ1) is 14.5. The molecule has 0 radical (unpaired) electrons. The van der Waals surface area contributed by atoms with Crippen molar-refractivity contribution in [2.75, 3.05) is 11.9 Å². The molecule has 2 atom stereocenters. The summed E-state index contributed by atoms with van der Waals surface area (Å²) in [5.41, 5.74) is 0.963. The van der Waals surface area contributed by atoms with Gasteiger partial charge in [0.05, 0.1) is 6.04 Å². The maximum atomic E-state index is 12.2. The molecular weight excluding hydrogens is 306 g/mol. The SMILES string of the molecule is CCC1CCNC(C(=O)Nc2ncc(Br)cc2C)C1. The molecule has 1 aromatic heterocycles. The first-order valence-corrected chi connectivity index (χ1v) is 7.55. The second-order valence-electron chi connectivity index (χ2n) is 5.11. The third-order valence-electron chi connectivity index (χ3n) is 3.69. The van der Waals surface area contributed by atoms with E-state index in [1.54, 1.807) is 6.20 Å². The molecule has 2 N–H and O–H groups in total. The summed E-state index contributed by atoms with van der Waals surface area (Å²) in [5, 5.41) is 6.20. The summed E-state index contributed by atoms with van der Waals surface area (Å²) in [6.07, 6.45) is 4.92. The van der Waals surface area contributed by atoms with Gasteiger partial charge in [-0.1, -0.05) is 13.3 Å². The Labute approximate surface area is 122 Å². The largest absolute Gasteiger partial charge is 0.309 e. The minimum Gasteiger partial charge on any atom is -0.309 e. The van der Waals surface area contributed by atoms with Crippen LogP contribution in [-0.2, 0) is 4.79 Å². The highest BCUT2D eigenvalue weighted by Crippen LogP contribution is 2.21. The molecule has 2 heterocycles. The van der Waals surface area contributed by atoms with Gasteiger partial charge in [0, 0.05) is 10.7 Å². The molecular formula is C14H20BrN3O. The number of hydrogen-bond donors (Lipinski definition) is 2. The zero-order valence-electron chi connectivity index (χ0n) is 11.4. The van der Waals surface area contributed by atoms with Crippen LogP contribution in [0.25, 0.3) is 0 Å². The predicted octanol–water partition coefficient (Wildman–Crippen LogP) is 2.87. The van der Waals surface area contributed by atoms with Crippen LogP contribution in [0, 0.1) is 12.8 Å². The topological polar surface area (TPSA) is 54.0 Å². The summed E-state index contributed by atoms with van der Waals surface area (Å²) >= 11 is 3.37. The van der Waals surface area contributed by atoms with E-state index in [4.69, 9.17) is 0 Å². The van der Waals surface area contributed by atoms with Crippen molar-refractivity contribution in [1.82, 2.24) is 10.3 Å². The van der Waals surface area contributed by atoms with Crippen LogP contribution >= 0.6 is 15.9 Å². The standard InChI is InChI=1S/C14H20BrN3O/c1-3-10-4-5-16-12(7-10)14(19)18-13-9(2)6-11(15)8-17-13/h6,8,10,12,16H,3-5,7H2,1-2H3,(H,17,18,19). The number of aryl methyl sites for hydroxylation is 1. The molecule has 0 bridgehead atoms. The normalized spacial score (nSPS) is 23.1.